The maximum atomic E-state index is 12.1. The Morgan fingerprint density at radius 1 is 1.32 bits per heavy atom. The van der Waals surface area contributed by atoms with Gasteiger partial charge in [0, 0.05) is 23.2 Å². The number of hydrogen-bond donors (Lipinski definition) is 2. The Balaban J connectivity index is 2.24. The van der Waals surface area contributed by atoms with Crippen LogP contribution in [0.15, 0.2) is 36.5 Å². The maximum Gasteiger partial charge on any atom is 0.305 e. The molecular weight excluding hydrogens is 244 g/mol. The van der Waals surface area contributed by atoms with Gasteiger partial charge in [0.1, 0.15) is 0 Å². The van der Waals surface area contributed by atoms with E-state index in [-0.39, 0.29) is 12.3 Å². The van der Waals surface area contributed by atoms with Gasteiger partial charge >= 0.3 is 5.97 Å². The number of aromatic nitrogens is 1. The van der Waals surface area contributed by atoms with Crippen molar-refractivity contribution in [3.63, 3.8) is 0 Å². The van der Waals surface area contributed by atoms with Gasteiger partial charge in [-0.25, -0.2) is 0 Å². The minimum absolute atomic E-state index is 0.102. The molecule has 2 aromatic rings. The molecule has 0 aliphatic rings. The Hall–Kier alpha value is -2.43. The lowest BCUT2D eigenvalue weighted by Gasteiger charge is -2.12. The number of carboxylic acid groups (broad SMARTS) is 1. The van der Waals surface area contributed by atoms with Crippen molar-refractivity contribution < 1.29 is 14.7 Å². The number of carbonyl (C=O) groups excluding carboxylic acids is 1. The molecule has 0 saturated carbocycles. The molecule has 0 bridgehead atoms. The molecule has 0 fully saturated rings. The predicted molar refractivity (Wildman–Crippen MR) is 70.9 cm³/mol. The highest BCUT2D eigenvalue weighted by Gasteiger charge is 2.14. The molecule has 5 heteroatoms. The molecule has 19 heavy (non-hydrogen) atoms. The summed E-state index contributed by atoms with van der Waals surface area (Å²) in [6.45, 7) is 1.66. The highest BCUT2D eigenvalue weighted by Crippen LogP contribution is 2.16. The number of carbonyl (C=O) groups is 2. The number of pyridine rings is 1. The number of amides is 1. The normalized spacial score (nSPS) is 12.1. The van der Waals surface area contributed by atoms with E-state index in [4.69, 9.17) is 5.11 Å². The second-order valence-electron chi connectivity index (χ2n) is 4.35. The van der Waals surface area contributed by atoms with Crippen molar-refractivity contribution in [1.29, 1.82) is 0 Å². The number of rotatable bonds is 4. The Labute approximate surface area is 110 Å². The van der Waals surface area contributed by atoms with Crippen LogP contribution in [-0.2, 0) is 4.79 Å². The smallest absolute Gasteiger partial charge is 0.305 e. The zero-order chi connectivity index (χ0) is 13.8. The van der Waals surface area contributed by atoms with Crippen molar-refractivity contribution in [3.05, 3.63) is 42.1 Å². The van der Waals surface area contributed by atoms with Gasteiger partial charge in [0.05, 0.1) is 11.9 Å². The van der Waals surface area contributed by atoms with Crippen LogP contribution < -0.4 is 5.32 Å². The number of nitrogens with one attached hydrogen (secondary N) is 1. The Morgan fingerprint density at radius 3 is 2.84 bits per heavy atom. The maximum absolute atomic E-state index is 12.1. The summed E-state index contributed by atoms with van der Waals surface area (Å²) in [5.41, 5.74) is 1.24. The number of nitrogens with zero attached hydrogens (tertiary/aromatic N) is 1. The largest absolute Gasteiger partial charge is 0.481 e. The van der Waals surface area contributed by atoms with E-state index in [0.29, 0.717) is 5.56 Å². The fourth-order valence-corrected chi connectivity index (χ4v) is 1.92. The molecule has 1 aromatic heterocycles. The first-order chi connectivity index (χ1) is 9.08. The fourth-order valence-electron chi connectivity index (χ4n) is 1.92. The van der Waals surface area contributed by atoms with Crippen LogP contribution in [0.5, 0.6) is 0 Å². The molecule has 5 nitrogen and oxygen atoms in total. The highest BCUT2D eigenvalue weighted by atomic mass is 16.4. The number of carboxylic acids is 1. The van der Waals surface area contributed by atoms with Gasteiger partial charge in [-0.3, -0.25) is 14.6 Å². The number of hydrogen-bond acceptors (Lipinski definition) is 3. The summed E-state index contributed by atoms with van der Waals surface area (Å²) in [6.07, 6.45) is 1.56. The van der Waals surface area contributed by atoms with Crippen molar-refractivity contribution in [1.82, 2.24) is 10.3 Å². The molecule has 0 saturated heterocycles. The van der Waals surface area contributed by atoms with Crippen LogP contribution in [0.1, 0.15) is 23.7 Å². The third-order valence-electron chi connectivity index (χ3n) is 2.75. The molecule has 1 unspecified atom stereocenters. The van der Waals surface area contributed by atoms with Crippen molar-refractivity contribution in [2.24, 2.45) is 0 Å². The summed E-state index contributed by atoms with van der Waals surface area (Å²) in [4.78, 5) is 26.9. The van der Waals surface area contributed by atoms with Crippen LogP contribution in [0.2, 0.25) is 0 Å². The van der Waals surface area contributed by atoms with E-state index >= 15 is 0 Å². The van der Waals surface area contributed by atoms with E-state index in [0.717, 1.165) is 10.9 Å². The van der Waals surface area contributed by atoms with Gasteiger partial charge in [-0.1, -0.05) is 12.1 Å². The third-order valence-corrected chi connectivity index (χ3v) is 2.75. The van der Waals surface area contributed by atoms with Crippen molar-refractivity contribution in [2.75, 3.05) is 0 Å². The molecule has 0 aliphatic carbocycles. The molecule has 1 heterocycles. The van der Waals surface area contributed by atoms with Crippen LogP contribution >= 0.6 is 0 Å². The zero-order valence-electron chi connectivity index (χ0n) is 10.5. The first-order valence-corrected chi connectivity index (χ1v) is 5.94. The quantitative estimate of drug-likeness (QED) is 0.876. The van der Waals surface area contributed by atoms with Crippen LogP contribution in [0.25, 0.3) is 10.9 Å². The van der Waals surface area contributed by atoms with Crippen LogP contribution in [0.4, 0.5) is 0 Å². The van der Waals surface area contributed by atoms with Crippen molar-refractivity contribution in [2.45, 2.75) is 19.4 Å². The molecule has 0 radical (unpaired) electrons. The van der Waals surface area contributed by atoms with Gasteiger partial charge in [0.15, 0.2) is 0 Å². The molecule has 98 valence electrons. The molecular formula is C14H14N2O3. The molecule has 1 aromatic carbocycles. The van der Waals surface area contributed by atoms with Gasteiger partial charge in [-0.05, 0) is 25.1 Å². The van der Waals surface area contributed by atoms with E-state index in [1.165, 1.54) is 0 Å². The first-order valence-electron chi connectivity index (χ1n) is 5.94. The topological polar surface area (TPSA) is 79.3 Å². The van der Waals surface area contributed by atoms with Gasteiger partial charge in [-0.2, -0.15) is 0 Å². The SMILES string of the molecule is CC(CC(=O)O)NC(=O)c1cccc2ncccc12. The van der Waals surface area contributed by atoms with Crippen molar-refractivity contribution >= 4 is 22.8 Å². The minimum Gasteiger partial charge on any atom is -0.481 e. The fraction of sp³-hybridized carbons (Fsp3) is 0.214. The summed E-state index contributed by atoms with van der Waals surface area (Å²) < 4.78 is 0. The molecule has 0 aliphatic heterocycles. The molecule has 2 N–H and O–H groups in total. The third kappa shape index (κ3) is 3.07. The Kier molecular flexibility index (Phi) is 3.75. The average molecular weight is 258 g/mol. The Morgan fingerprint density at radius 2 is 2.11 bits per heavy atom. The average Bonchev–Trinajstić information content (AvgIpc) is 2.36. The van der Waals surface area contributed by atoms with E-state index in [2.05, 4.69) is 10.3 Å². The second kappa shape index (κ2) is 5.48. The van der Waals surface area contributed by atoms with Gasteiger partial charge in [0.25, 0.3) is 5.91 Å². The molecule has 2 rings (SSSR count). The first kappa shape index (κ1) is 13.0. The van der Waals surface area contributed by atoms with Gasteiger partial charge in [0.2, 0.25) is 0 Å². The summed E-state index contributed by atoms with van der Waals surface area (Å²) in [5, 5.41) is 12.1. The van der Waals surface area contributed by atoms with Gasteiger partial charge in [-0.15, -0.1) is 0 Å². The van der Waals surface area contributed by atoms with E-state index in [1.54, 1.807) is 31.3 Å². The molecule has 1 atom stereocenters. The highest BCUT2D eigenvalue weighted by molar-refractivity contribution is 6.06. The zero-order valence-corrected chi connectivity index (χ0v) is 10.5. The standard InChI is InChI=1S/C14H14N2O3/c1-9(8-13(17)18)16-14(19)11-4-2-6-12-10(11)5-3-7-15-12/h2-7,9H,8H2,1H3,(H,16,19)(H,17,18). The lowest BCUT2D eigenvalue weighted by atomic mass is 10.1. The second-order valence-corrected chi connectivity index (χ2v) is 4.35. The number of fused-ring (bicyclic) bond motifs is 1. The lowest BCUT2D eigenvalue weighted by Crippen LogP contribution is -2.34. The van der Waals surface area contributed by atoms with Crippen LogP contribution in [0, 0.1) is 0 Å². The minimum atomic E-state index is -0.938. The van der Waals surface area contributed by atoms with Crippen molar-refractivity contribution in [3.8, 4) is 0 Å². The van der Waals surface area contributed by atoms with Crippen LogP contribution in [-0.4, -0.2) is 28.0 Å². The van der Waals surface area contributed by atoms with Crippen LogP contribution in [0.3, 0.4) is 0 Å². The summed E-state index contributed by atoms with van der Waals surface area (Å²) in [6, 6.07) is 8.45. The Bertz CT molecular complexity index is 620. The lowest BCUT2D eigenvalue weighted by molar-refractivity contribution is -0.137. The summed E-state index contributed by atoms with van der Waals surface area (Å²) in [5.74, 6) is -1.22. The predicted octanol–water partition coefficient (Wildman–Crippen LogP) is 1.83. The summed E-state index contributed by atoms with van der Waals surface area (Å²) in [7, 11) is 0. The van der Waals surface area contributed by atoms with E-state index < -0.39 is 12.0 Å². The number of benzene rings is 1. The van der Waals surface area contributed by atoms with E-state index in [1.807, 2.05) is 12.1 Å². The number of aliphatic carboxylic acids is 1. The van der Waals surface area contributed by atoms with E-state index in [9.17, 15) is 9.59 Å². The monoisotopic (exact) mass is 258 g/mol. The molecule has 0 spiro atoms. The summed E-state index contributed by atoms with van der Waals surface area (Å²) >= 11 is 0. The van der Waals surface area contributed by atoms with Gasteiger partial charge < -0.3 is 10.4 Å². The molecule has 1 amide bonds.